The summed E-state index contributed by atoms with van der Waals surface area (Å²) in [6, 6.07) is 18.0. The fraction of sp³-hybridized carbons (Fsp3) is 0.120. The van der Waals surface area contributed by atoms with Crippen molar-refractivity contribution >= 4 is 33.7 Å². The Morgan fingerprint density at radius 2 is 1.71 bits per heavy atom. The largest absolute Gasteiger partial charge is 0.490 e. The van der Waals surface area contributed by atoms with Gasteiger partial charge in [-0.05, 0) is 71.8 Å². The number of ether oxygens (including phenoxy) is 1. The fourth-order valence-electron chi connectivity index (χ4n) is 2.95. The van der Waals surface area contributed by atoms with Crippen LogP contribution in [0.1, 0.15) is 11.1 Å². The van der Waals surface area contributed by atoms with Crippen LogP contribution in [0.15, 0.2) is 95.4 Å². The number of carbonyl (C=O) groups excluding carboxylic acids is 1. The highest BCUT2D eigenvalue weighted by molar-refractivity contribution is 7.89. The number of hydrogen-bond donors (Lipinski definition) is 1. The average molecular weight is 516 g/mol. The summed E-state index contributed by atoms with van der Waals surface area (Å²) in [4.78, 5) is 12.5. The van der Waals surface area contributed by atoms with E-state index in [0.717, 1.165) is 4.31 Å². The smallest absolute Gasteiger partial charge is 0.255 e. The molecule has 0 aliphatic rings. The molecule has 182 valence electrons. The first-order valence-electron chi connectivity index (χ1n) is 10.4. The van der Waals surface area contributed by atoms with E-state index in [-0.39, 0.29) is 11.4 Å². The third kappa shape index (κ3) is 7.74. The molecule has 0 fully saturated rings. The molecule has 3 rings (SSSR count). The Bertz CT molecular complexity index is 1280. The molecule has 3 aromatic rings. The Kier molecular flexibility index (Phi) is 9.13. The maximum Gasteiger partial charge on any atom is 0.255 e. The number of rotatable bonds is 11. The number of nitrogens with zero attached hydrogens (tertiary/aromatic N) is 2. The zero-order valence-corrected chi connectivity index (χ0v) is 20.2. The quantitative estimate of drug-likeness (QED) is 0.233. The molecule has 0 aliphatic heterocycles. The van der Waals surface area contributed by atoms with Crippen molar-refractivity contribution in [3.63, 3.8) is 0 Å². The Morgan fingerprint density at radius 3 is 2.34 bits per heavy atom. The second-order valence-electron chi connectivity index (χ2n) is 7.32. The summed E-state index contributed by atoms with van der Waals surface area (Å²) in [6.07, 6.45) is 3.06. The number of hydrazone groups is 1. The van der Waals surface area contributed by atoms with Crippen LogP contribution in [-0.2, 0) is 21.4 Å². The van der Waals surface area contributed by atoms with Gasteiger partial charge in [0.15, 0.2) is 0 Å². The van der Waals surface area contributed by atoms with E-state index < -0.39 is 28.3 Å². The molecule has 0 unspecified atom stereocenters. The lowest BCUT2D eigenvalue weighted by Gasteiger charge is -2.21. The van der Waals surface area contributed by atoms with E-state index in [1.165, 1.54) is 54.7 Å². The maximum atomic E-state index is 13.3. The number of carbonyl (C=O) groups is 1. The lowest BCUT2D eigenvalue weighted by atomic mass is 10.2. The van der Waals surface area contributed by atoms with Gasteiger partial charge >= 0.3 is 0 Å². The minimum atomic E-state index is -4.06. The summed E-state index contributed by atoms with van der Waals surface area (Å²) < 4.78 is 46.1. The van der Waals surface area contributed by atoms with Crippen LogP contribution in [0, 0.1) is 5.82 Å². The van der Waals surface area contributed by atoms with E-state index in [1.54, 1.807) is 30.3 Å². The summed E-state index contributed by atoms with van der Waals surface area (Å²) in [5, 5.41) is 4.28. The highest BCUT2D eigenvalue weighted by Gasteiger charge is 2.27. The predicted molar refractivity (Wildman–Crippen MR) is 133 cm³/mol. The van der Waals surface area contributed by atoms with Crippen LogP contribution in [0.2, 0.25) is 5.02 Å². The van der Waals surface area contributed by atoms with Crippen molar-refractivity contribution in [1.82, 2.24) is 9.73 Å². The lowest BCUT2D eigenvalue weighted by molar-refractivity contribution is -0.121. The van der Waals surface area contributed by atoms with Crippen molar-refractivity contribution < 1.29 is 22.3 Å². The second kappa shape index (κ2) is 12.3. The molecule has 0 aliphatic carbocycles. The van der Waals surface area contributed by atoms with E-state index in [4.69, 9.17) is 16.3 Å². The van der Waals surface area contributed by atoms with E-state index in [0.29, 0.717) is 28.5 Å². The molecule has 0 bridgehead atoms. The number of halogens is 2. The summed E-state index contributed by atoms with van der Waals surface area (Å²) in [5.41, 5.74) is 3.55. The Balaban J connectivity index is 1.71. The number of nitrogens with one attached hydrogen (secondary N) is 1. The first-order valence-corrected chi connectivity index (χ1v) is 12.3. The van der Waals surface area contributed by atoms with Crippen molar-refractivity contribution in [2.24, 2.45) is 5.10 Å². The maximum absolute atomic E-state index is 13.3. The van der Waals surface area contributed by atoms with Gasteiger partial charge in [-0.15, -0.1) is 0 Å². The standard InChI is InChI=1S/C25H23ClFN3O4S/c1-2-15-34-23-11-5-19(6-12-23)16-28-29-25(31)18-30(17-20-3-9-22(27)10-4-20)35(32,33)24-13-7-21(26)8-14-24/h2-14,16H,1,15,17-18H2,(H,29,31)/b28-16-. The zero-order chi connectivity index (χ0) is 25.3. The first kappa shape index (κ1) is 26.1. The molecule has 10 heteroatoms. The van der Waals surface area contributed by atoms with Crippen molar-refractivity contribution in [3.05, 3.63) is 107 Å². The average Bonchev–Trinajstić information content (AvgIpc) is 2.84. The molecule has 1 amide bonds. The van der Waals surface area contributed by atoms with Gasteiger partial charge in [0.25, 0.3) is 5.91 Å². The number of hydrogen-bond acceptors (Lipinski definition) is 5. The first-order chi connectivity index (χ1) is 16.8. The van der Waals surface area contributed by atoms with Crippen LogP contribution < -0.4 is 10.2 Å². The van der Waals surface area contributed by atoms with Crippen LogP contribution in [-0.4, -0.2) is 38.0 Å². The normalized spacial score (nSPS) is 11.5. The SMILES string of the molecule is C=CCOc1ccc(/C=N\NC(=O)CN(Cc2ccc(F)cc2)S(=O)(=O)c2ccc(Cl)cc2)cc1. The van der Waals surface area contributed by atoms with Gasteiger partial charge in [0, 0.05) is 11.6 Å². The Labute approximate surface area is 208 Å². The van der Waals surface area contributed by atoms with Gasteiger partial charge in [-0.1, -0.05) is 36.4 Å². The van der Waals surface area contributed by atoms with Crippen molar-refractivity contribution in [2.45, 2.75) is 11.4 Å². The molecular weight excluding hydrogens is 493 g/mol. The van der Waals surface area contributed by atoms with E-state index in [9.17, 15) is 17.6 Å². The summed E-state index contributed by atoms with van der Waals surface area (Å²) in [5.74, 6) is -0.435. The molecule has 7 nitrogen and oxygen atoms in total. The molecule has 0 saturated heterocycles. The van der Waals surface area contributed by atoms with Crippen LogP contribution in [0.4, 0.5) is 4.39 Å². The van der Waals surface area contributed by atoms with Crippen molar-refractivity contribution in [2.75, 3.05) is 13.2 Å². The van der Waals surface area contributed by atoms with Gasteiger partial charge in [-0.3, -0.25) is 4.79 Å². The predicted octanol–water partition coefficient (Wildman–Crippen LogP) is 4.39. The van der Waals surface area contributed by atoms with Gasteiger partial charge in [0.05, 0.1) is 17.7 Å². The van der Waals surface area contributed by atoms with E-state index in [1.807, 2.05) is 0 Å². The Morgan fingerprint density at radius 1 is 1.06 bits per heavy atom. The van der Waals surface area contributed by atoms with Crippen LogP contribution in [0.25, 0.3) is 0 Å². The van der Waals surface area contributed by atoms with Gasteiger partial charge < -0.3 is 4.74 Å². The third-order valence-electron chi connectivity index (χ3n) is 4.69. The van der Waals surface area contributed by atoms with Crippen LogP contribution in [0.5, 0.6) is 5.75 Å². The molecule has 1 N–H and O–H groups in total. The molecular formula is C25H23ClFN3O4S. The molecule has 0 aromatic heterocycles. The third-order valence-corrected chi connectivity index (χ3v) is 6.75. The van der Waals surface area contributed by atoms with Gasteiger partial charge in [0.1, 0.15) is 18.2 Å². The minimum Gasteiger partial charge on any atom is -0.490 e. The molecule has 3 aromatic carbocycles. The van der Waals surface area contributed by atoms with Crippen LogP contribution in [0.3, 0.4) is 0 Å². The number of benzene rings is 3. The molecule has 0 spiro atoms. The molecule has 35 heavy (non-hydrogen) atoms. The summed E-state index contributed by atoms with van der Waals surface area (Å²) in [7, 11) is -4.06. The summed E-state index contributed by atoms with van der Waals surface area (Å²) >= 11 is 5.87. The van der Waals surface area contributed by atoms with Crippen LogP contribution >= 0.6 is 11.6 Å². The highest BCUT2D eigenvalue weighted by atomic mass is 35.5. The summed E-state index contributed by atoms with van der Waals surface area (Å²) in [6.45, 7) is 3.32. The zero-order valence-electron chi connectivity index (χ0n) is 18.6. The molecule has 0 radical (unpaired) electrons. The Hall–Kier alpha value is -3.53. The highest BCUT2D eigenvalue weighted by Crippen LogP contribution is 2.20. The lowest BCUT2D eigenvalue weighted by Crippen LogP contribution is -2.39. The topological polar surface area (TPSA) is 88.1 Å². The number of amides is 1. The van der Waals surface area contributed by atoms with Crippen molar-refractivity contribution in [1.29, 1.82) is 0 Å². The monoisotopic (exact) mass is 515 g/mol. The molecule has 0 saturated carbocycles. The van der Waals surface area contributed by atoms with Crippen molar-refractivity contribution in [3.8, 4) is 5.75 Å². The second-order valence-corrected chi connectivity index (χ2v) is 9.69. The number of sulfonamides is 1. The van der Waals surface area contributed by atoms with Gasteiger partial charge in [-0.2, -0.15) is 9.41 Å². The van der Waals surface area contributed by atoms with E-state index in [2.05, 4.69) is 17.1 Å². The fourth-order valence-corrected chi connectivity index (χ4v) is 4.46. The van der Waals surface area contributed by atoms with E-state index >= 15 is 0 Å². The minimum absolute atomic E-state index is 0.0286. The molecule has 0 atom stereocenters. The van der Waals surface area contributed by atoms with Gasteiger partial charge in [-0.25, -0.2) is 18.2 Å². The molecule has 0 heterocycles. The van der Waals surface area contributed by atoms with Gasteiger partial charge in [0.2, 0.25) is 10.0 Å².